The summed E-state index contributed by atoms with van der Waals surface area (Å²) in [6.45, 7) is 9.22. The molecule has 0 unspecified atom stereocenters. The Kier molecular flexibility index (Phi) is 7.67. The van der Waals surface area contributed by atoms with Crippen molar-refractivity contribution in [1.29, 1.82) is 0 Å². The highest BCUT2D eigenvalue weighted by Crippen LogP contribution is 2.31. The van der Waals surface area contributed by atoms with Crippen molar-refractivity contribution in [2.75, 3.05) is 47.8 Å². The SMILES string of the molecule is Cc1cc(C)c(C(=O)N2CCN(c3ccccc3)[C@@H](C(N)=O)C2)c(C)c1NC1CCN(c2cnccn2)CC1. The van der Waals surface area contributed by atoms with Crippen LogP contribution in [0.4, 0.5) is 17.2 Å². The van der Waals surface area contributed by atoms with Crippen molar-refractivity contribution >= 4 is 29.0 Å². The van der Waals surface area contributed by atoms with Crippen LogP contribution < -0.4 is 20.9 Å². The first-order valence-corrected chi connectivity index (χ1v) is 13.6. The summed E-state index contributed by atoms with van der Waals surface area (Å²) < 4.78 is 0. The van der Waals surface area contributed by atoms with Gasteiger partial charge in [0.15, 0.2) is 0 Å². The van der Waals surface area contributed by atoms with Crippen molar-refractivity contribution in [3.05, 3.63) is 77.2 Å². The first-order valence-electron chi connectivity index (χ1n) is 13.6. The van der Waals surface area contributed by atoms with E-state index in [-0.39, 0.29) is 12.5 Å². The highest BCUT2D eigenvalue weighted by Gasteiger charge is 2.35. The fourth-order valence-electron chi connectivity index (χ4n) is 5.95. The summed E-state index contributed by atoms with van der Waals surface area (Å²) in [7, 11) is 0. The van der Waals surface area contributed by atoms with Gasteiger partial charge in [0, 0.05) is 61.6 Å². The minimum Gasteiger partial charge on any atom is -0.382 e. The van der Waals surface area contributed by atoms with Crippen LogP contribution in [0.5, 0.6) is 0 Å². The van der Waals surface area contributed by atoms with E-state index in [1.165, 1.54) is 0 Å². The van der Waals surface area contributed by atoms with Crippen LogP contribution in [0.15, 0.2) is 55.0 Å². The lowest BCUT2D eigenvalue weighted by Crippen LogP contribution is -2.59. The number of anilines is 3. The van der Waals surface area contributed by atoms with Gasteiger partial charge in [-0.15, -0.1) is 0 Å². The zero-order valence-electron chi connectivity index (χ0n) is 22.9. The number of amides is 2. The van der Waals surface area contributed by atoms with Gasteiger partial charge in [0.2, 0.25) is 5.91 Å². The Morgan fingerprint density at radius 2 is 1.72 bits per heavy atom. The molecule has 2 saturated heterocycles. The minimum absolute atomic E-state index is 0.0514. The van der Waals surface area contributed by atoms with Crippen molar-refractivity contribution in [2.45, 2.75) is 45.7 Å². The predicted molar refractivity (Wildman–Crippen MR) is 154 cm³/mol. The molecule has 204 valence electrons. The molecule has 3 heterocycles. The van der Waals surface area contributed by atoms with E-state index in [4.69, 9.17) is 5.73 Å². The number of nitrogens with zero attached hydrogens (tertiary/aromatic N) is 5. The Bertz CT molecular complexity index is 1320. The summed E-state index contributed by atoms with van der Waals surface area (Å²) in [6, 6.07) is 11.6. The lowest BCUT2D eigenvalue weighted by Gasteiger charge is -2.41. The minimum atomic E-state index is -0.576. The van der Waals surface area contributed by atoms with E-state index in [1.807, 2.05) is 55.3 Å². The second kappa shape index (κ2) is 11.3. The number of carbonyl (C=O) groups excluding carboxylic acids is 2. The number of aryl methyl sites for hydroxylation is 2. The Hall–Kier alpha value is -4.14. The first-order chi connectivity index (χ1) is 18.8. The maximum atomic E-state index is 13.9. The van der Waals surface area contributed by atoms with Gasteiger partial charge in [-0.2, -0.15) is 0 Å². The number of piperidine rings is 1. The third-order valence-corrected chi connectivity index (χ3v) is 7.99. The number of nitrogens with two attached hydrogens (primary N) is 1. The molecule has 0 spiro atoms. The fraction of sp³-hybridized carbons (Fsp3) is 0.400. The summed E-state index contributed by atoms with van der Waals surface area (Å²) in [5, 5.41) is 3.75. The molecule has 0 bridgehead atoms. The Morgan fingerprint density at radius 3 is 2.38 bits per heavy atom. The number of hydrogen-bond donors (Lipinski definition) is 2. The van der Waals surface area contributed by atoms with Gasteiger partial charge in [-0.25, -0.2) is 4.98 Å². The molecule has 5 rings (SSSR count). The molecular formula is C30H37N7O2. The highest BCUT2D eigenvalue weighted by molar-refractivity contribution is 5.99. The van der Waals surface area contributed by atoms with Crippen LogP contribution in [0.2, 0.25) is 0 Å². The summed E-state index contributed by atoms with van der Waals surface area (Å²) >= 11 is 0. The maximum absolute atomic E-state index is 13.9. The molecule has 0 radical (unpaired) electrons. The Labute approximate surface area is 230 Å². The lowest BCUT2D eigenvalue weighted by atomic mass is 9.94. The van der Waals surface area contributed by atoms with Crippen LogP contribution >= 0.6 is 0 Å². The number of piperazine rings is 1. The van der Waals surface area contributed by atoms with E-state index >= 15 is 0 Å². The fourth-order valence-corrected chi connectivity index (χ4v) is 5.95. The van der Waals surface area contributed by atoms with Gasteiger partial charge >= 0.3 is 0 Å². The number of nitrogens with one attached hydrogen (secondary N) is 1. The van der Waals surface area contributed by atoms with Gasteiger partial charge in [-0.3, -0.25) is 14.6 Å². The van der Waals surface area contributed by atoms with E-state index in [1.54, 1.807) is 17.3 Å². The molecule has 2 aromatic carbocycles. The summed E-state index contributed by atoms with van der Waals surface area (Å²) in [5.74, 6) is 0.432. The van der Waals surface area contributed by atoms with Crippen LogP contribution in [0, 0.1) is 20.8 Å². The van der Waals surface area contributed by atoms with Crippen molar-refractivity contribution in [3.63, 3.8) is 0 Å². The number of para-hydroxylation sites is 1. The second-order valence-corrected chi connectivity index (χ2v) is 10.6. The molecule has 2 aliphatic rings. The molecule has 2 amide bonds. The van der Waals surface area contributed by atoms with Crippen molar-refractivity contribution in [2.24, 2.45) is 5.73 Å². The molecule has 0 saturated carbocycles. The van der Waals surface area contributed by atoms with E-state index in [9.17, 15) is 9.59 Å². The van der Waals surface area contributed by atoms with E-state index < -0.39 is 11.9 Å². The summed E-state index contributed by atoms with van der Waals surface area (Å²) in [4.78, 5) is 41.0. The number of rotatable bonds is 6. The number of aromatic nitrogens is 2. The van der Waals surface area contributed by atoms with Gasteiger partial charge in [0.1, 0.15) is 11.9 Å². The molecule has 2 fully saturated rings. The number of benzene rings is 2. The van der Waals surface area contributed by atoms with Crippen LogP contribution in [-0.4, -0.2) is 71.5 Å². The van der Waals surface area contributed by atoms with Crippen molar-refractivity contribution in [3.8, 4) is 0 Å². The Balaban J connectivity index is 1.32. The second-order valence-electron chi connectivity index (χ2n) is 10.6. The number of carbonyl (C=O) groups is 2. The molecule has 3 N–H and O–H groups in total. The standard InChI is InChI=1S/C30H37N7O2/c1-20-17-21(2)28(34-23-9-13-35(14-10-23)26-18-32-11-12-33-26)22(3)27(20)30(39)36-15-16-37(25(19-36)29(31)38)24-7-5-4-6-8-24/h4-8,11-12,17-18,23,25,34H,9-10,13-16,19H2,1-3H3,(H2,31,38)/t25-/m1/s1. The molecule has 39 heavy (non-hydrogen) atoms. The van der Waals surface area contributed by atoms with E-state index in [0.717, 1.165) is 59.8 Å². The average molecular weight is 528 g/mol. The van der Waals surface area contributed by atoms with Gasteiger partial charge in [0.05, 0.1) is 12.7 Å². The molecule has 2 aliphatic heterocycles. The molecule has 9 nitrogen and oxygen atoms in total. The van der Waals surface area contributed by atoms with Crippen LogP contribution in [0.25, 0.3) is 0 Å². The van der Waals surface area contributed by atoms with Crippen LogP contribution in [0.3, 0.4) is 0 Å². The quantitative estimate of drug-likeness (QED) is 0.506. The normalized spacial score (nSPS) is 18.2. The molecule has 1 aromatic heterocycles. The molecule has 1 atom stereocenters. The monoisotopic (exact) mass is 527 g/mol. The van der Waals surface area contributed by atoms with Crippen molar-refractivity contribution in [1.82, 2.24) is 14.9 Å². The largest absolute Gasteiger partial charge is 0.382 e. The highest BCUT2D eigenvalue weighted by atomic mass is 16.2. The van der Waals surface area contributed by atoms with Gasteiger partial charge in [-0.05, 0) is 62.4 Å². The van der Waals surface area contributed by atoms with Crippen LogP contribution in [-0.2, 0) is 4.79 Å². The molecule has 3 aromatic rings. The van der Waals surface area contributed by atoms with E-state index in [0.29, 0.717) is 24.7 Å². The molecule has 9 heteroatoms. The summed E-state index contributed by atoms with van der Waals surface area (Å²) in [6.07, 6.45) is 7.16. The van der Waals surface area contributed by atoms with E-state index in [2.05, 4.69) is 33.2 Å². The third kappa shape index (κ3) is 5.53. The zero-order valence-corrected chi connectivity index (χ0v) is 22.9. The summed E-state index contributed by atoms with van der Waals surface area (Å²) in [5.41, 5.74) is 11.5. The molecule has 0 aliphatic carbocycles. The molecular weight excluding hydrogens is 490 g/mol. The lowest BCUT2D eigenvalue weighted by molar-refractivity contribution is -0.119. The van der Waals surface area contributed by atoms with Gasteiger partial charge < -0.3 is 25.8 Å². The van der Waals surface area contributed by atoms with Crippen LogP contribution in [0.1, 0.15) is 39.9 Å². The maximum Gasteiger partial charge on any atom is 0.254 e. The first kappa shape index (κ1) is 26.5. The predicted octanol–water partition coefficient (Wildman–Crippen LogP) is 3.30. The van der Waals surface area contributed by atoms with Gasteiger partial charge in [-0.1, -0.05) is 24.3 Å². The number of hydrogen-bond acceptors (Lipinski definition) is 7. The Morgan fingerprint density at radius 1 is 0.974 bits per heavy atom. The average Bonchev–Trinajstić information content (AvgIpc) is 2.96. The zero-order chi connectivity index (χ0) is 27.5. The third-order valence-electron chi connectivity index (χ3n) is 7.99. The van der Waals surface area contributed by atoms with Gasteiger partial charge in [0.25, 0.3) is 5.91 Å². The number of primary amides is 1. The smallest absolute Gasteiger partial charge is 0.254 e. The van der Waals surface area contributed by atoms with Crippen molar-refractivity contribution < 1.29 is 9.59 Å². The topological polar surface area (TPSA) is 108 Å².